The Hall–Kier alpha value is -4.25. The number of thiazole rings is 1. The van der Waals surface area contributed by atoms with Crippen molar-refractivity contribution >= 4 is 28.9 Å². The Morgan fingerprint density at radius 1 is 1.23 bits per heavy atom. The lowest BCUT2D eigenvalue weighted by Gasteiger charge is -2.02. The van der Waals surface area contributed by atoms with E-state index in [1.165, 1.54) is 29.7 Å². The standard InChI is InChI=1S/C20H13N5O5S/c26-25(27)15-8-19-18(29-12-30-19)7-13(15)9-22-24-16(17-4-2-6-28-17)11-31-20(24)23-14-3-1-5-21-10-14/h1-11H,12H2. The van der Waals surface area contributed by atoms with Crippen molar-refractivity contribution in [2.45, 2.75) is 0 Å². The van der Waals surface area contributed by atoms with Crippen LogP contribution in [0.2, 0.25) is 0 Å². The van der Waals surface area contributed by atoms with Crippen LogP contribution < -0.4 is 14.3 Å². The third-order valence-electron chi connectivity index (χ3n) is 4.36. The summed E-state index contributed by atoms with van der Waals surface area (Å²) in [4.78, 5) is 20.3. The molecule has 31 heavy (non-hydrogen) atoms. The molecule has 0 amide bonds. The molecule has 154 valence electrons. The van der Waals surface area contributed by atoms with Crippen molar-refractivity contribution in [3.05, 3.63) is 80.9 Å². The van der Waals surface area contributed by atoms with E-state index in [-0.39, 0.29) is 18.0 Å². The second kappa shape index (κ2) is 7.88. The van der Waals surface area contributed by atoms with Crippen LogP contribution in [0.3, 0.4) is 0 Å². The highest BCUT2D eigenvalue weighted by Crippen LogP contribution is 2.37. The first-order valence-electron chi connectivity index (χ1n) is 9.00. The quantitative estimate of drug-likeness (QED) is 0.266. The highest BCUT2D eigenvalue weighted by molar-refractivity contribution is 7.07. The molecule has 4 heterocycles. The lowest BCUT2D eigenvalue weighted by Crippen LogP contribution is -2.11. The van der Waals surface area contributed by atoms with E-state index in [1.54, 1.807) is 41.5 Å². The Labute approximate surface area is 178 Å². The van der Waals surface area contributed by atoms with Crippen molar-refractivity contribution in [2.24, 2.45) is 10.1 Å². The Morgan fingerprint density at radius 2 is 2.10 bits per heavy atom. The second-order valence-electron chi connectivity index (χ2n) is 6.28. The van der Waals surface area contributed by atoms with Gasteiger partial charge in [0.05, 0.1) is 40.9 Å². The number of benzene rings is 1. The average Bonchev–Trinajstić information content (AvgIpc) is 3.53. The molecule has 0 saturated heterocycles. The Balaban J connectivity index is 1.64. The fraction of sp³-hybridized carbons (Fsp3) is 0.0500. The monoisotopic (exact) mass is 435 g/mol. The normalized spacial score (nSPS) is 13.2. The topological polar surface area (TPSA) is 117 Å². The van der Waals surface area contributed by atoms with Gasteiger partial charge < -0.3 is 13.9 Å². The lowest BCUT2D eigenvalue weighted by atomic mass is 10.1. The maximum absolute atomic E-state index is 11.5. The molecule has 5 rings (SSSR count). The molecule has 0 atom stereocenters. The molecule has 11 heteroatoms. The summed E-state index contributed by atoms with van der Waals surface area (Å²) in [7, 11) is 0. The highest BCUT2D eigenvalue weighted by Gasteiger charge is 2.22. The van der Waals surface area contributed by atoms with Crippen LogP contribution in [0, 0.1) is 10.1 Å². The molecule has 0 bridgehead atoms. The number of nitrogens with zero attached hydrogens (tertiary/aromatic N) is 5. The number of pyridine rings is 1. The summed E-state index contributed by atoms with van der Waals surface area (Å²) in [6.45, 7) is 0.0170. The average molecular weight is 435 g/mol. The molecule has 0 unspecified atom stereocenters. The van der Waals surface area contributed by atoms with E-state index >= 15 is 0 Å². The van der Waals surface area contributed by atoms with Crippen molar-refractivity contribution in [3.63, 3.8) is 0 Å². The van der Waals surface area contributed by atoms with E-state index in [2.05, 4.69) is 15.1 Å². The van der Waals surface area contributed by atoms with E-state index in [1.807, 2.05) is 11.4 Å². The third-order valence-corrected chi connectivity index (χ3v) is 5.18. The first kappa shape index (κ1) is 18.8. The second-order valence-corrected chi connectivity index (χ2v) is 7.12. The number of nitro groups is 1. The number of ether oxygens (including phenoxy) is 2. The van der Waals surface area contributed by atoms with Crippen LogP contribution in [-0.2, 0) is 0 Å². The first-order chi connectivity index (χ1) is 15.2. The summed E-state index contributed by atoms with van der Waals surface area (Å²) in [6.07, 6.45) is 6.24. The van der Waals surface area contributed by atoms with E-state index < -0.39 is 4.92 Å². The predicted octanol–water partition coefficient (Wildman–Crippen LogP) is 3.96. The van der Waals surface area contributed by atoms with Crippen molar-refractivity contribution < 1.29 is 18.8 Å². The van der Waals surface area contributed by atoms with Crippen LogP contribution in [-0.4, -0.2) is 27.6 Å². The van der Waals surface area contributed by atoms with Gasteiger partial charge in [0.2, 0.25) is 11.6 Å². The molecule has 3 aromatic heterocycles. The zero-order valence-corrected chi connectivity index (χ0v) is 16.6. The van der Waals surface area contributed by atoms with Gasteiger partial charge in [-0.05, 0) is 30.3 Å². The van der Waals surface area contributed by atoms with Gasteiger partial charge in [-0.2, -0.15) is 5.10 Å². The Morgan fingerprint density at radius 3 is 2.84 bits per heavy atom. The molecule has 0 radical (unpaired) electrons. The maximum Gasteiger partial charge on any atom is 0.282 e. The van der Waals surface area contributed by atoms with E-state index in [0.717, 1.165) is 0 Å². The van der Waals surface area contributed by atoms with Gasteiger partial charge in [-0.25, -0.2) is 9.67 Å². The number of fused-ring (bicyclic) bond motifs is 1. The molecule has 10 nitrogen and oxygen atoms in total. The van der Waals surface area contributed by atoms with Crippen LogP contribution >= 0.6 is 11.3 Å². The SMILES string of the molecule is O=[N+]([O-])c1cc2c(cc1C=Nn1c(-c3ccco3)csc1=Nc1cccnc1)OCO2. The maximum atomic E-state index is 11.5. The molecular formula is C20H13N5O5S. The van der Waals surface area contributed by atoms with Crippen LogP contribution in [0.5, 0.6) is 11.5 Å². The van der Waals surface area contributed by atoms with E-state index in [9.17, 15) is 10.1 Å². The minimum atomic E-state index is -0.490. The lowest BCUT2D eigenvalue weighted by molar-refractivity contribution is -0.385. The van der Waals surface area contributed by atoms with Crippen LogP contribution in [0.15, 0.2) is 74.9 Å². The molecule has 4 aromatic rings. The van der Waals surface area contributed by atoms with Gasteiger partial charge in [0.15, 0.2) is 17.3 Å². The van der Waals surface area contributed by atoms with Crippen molar-refractivity contribution in [1.82, 2.24) is 9.66 Å². The molecule has 0 saturated carbocycles. The molecule has 1 aliphatic heterocycles. The molecule has 0 aliphatic carbocycles. The summed E-state index contributed by atoms with van der Waals surface area (Å²) in [5.41, 5.74) is 1.42. The Bertz CT molecular complexity index is 1340. The van der Waals surface area contributed by atoms with Crippen molar-refractivity contribution in [3.8, 4) is 23.0 Å². The smallest absolute Gasteiger partial charge is 0.282 e. The van der Waals surface area contributed by atoms with Gasteiger partial charge >= 0.3 is 0 Å². The highest BCUT2D eigenvalue weighted by atomic mass is 32.1. The van der Waals surface area contributed by atoms with Crippen molar-refractivity contribution in [2.75, 3.05) is 6.79 Å². The van der Waals surface area contributed by atoms with Gasteiger partial charge in [-0.3, -0.25) is 15.1 Å². The summed E-state index contributed by atoms with van der Waals surface area (Å²) in [5.74, 6) is 1.34. The van der Waals surface area contributed by atoms with Gasteiger partial charge in [0.25, 0.3) is 5.69 Å². The number of furan rings is 1. The van der Waals surface area contributed by atoms with Crippen LogP contribution in [0.25, 0.3) is 11.5 Å². The van der Waals surface area contributed by atoms with E-state index in [0.29, 0.717) is 33.4 Å². The van der Waals surface area contributed by atoms with Crippen LogP contribution in [0.4, 0.5) is 11.4 Å². The summed E-state index contributed by atoms with van der Waals surface area (Å²) >= 11 is 1.35. The zero-order chi connectivity index (χ0) is 21.2. The van der Waals surface area contributed by atoms with Gasteiger partial charge in [0, 0.05) is 11.6 Å². The molecular weight excluding hydrogens is 422 g/mol. The Kier molecular flexibility index (Phi) is 4.77. The molecule has 0 fully saturated rings. The number of hydrogen-bond donors (Lipinski definition) is 0. The fourth-order valence-corrected chi connectivity index (χ4v) is 3.78. The fourth-order valence-electron chi connectivity index (χ4n) is 2.94. The molecule has 1 aromatic carbocycles. The number of hydrogen-bond acceptors (Lipinski definition) is 9. The number of nitro benzene ring substituents is 1. The summed E-state index contributed by atoms with van der Waals surface area (Å²) in [6, 6.07) is 10.0. The summed E-state index contributed by atoms with van der Waals surface area (Å²) in [5, 5.41) is 17.9. The predicted molar refractivity (Wildman–Crippen MR) is 112 cm³/mol. The van der Waals surface area contributed by atoms with E-state index in [4.69, 9.17) is 13.9 Å². The molecule has 0 N–H and O–H groups in total. The number of rotatable bonds is 5. The minimum absolute atomic E-state index is 0.0170. The van der Waals surface area contributed by atoms with Gasteiger partial charge in [-0.1, -0.05) is 0 Å². The van der Waals surface area contributed by atoms with Gasteiger partial charge in [-0.15, -0.1) is 11.3 Å². The third kappa shape index (κ3) is 3.69. The summed E-state index contributed by atoms with van der Waals surface area (Å²) < 4.78 is 17.7. The zero-order valence-electron chi connectivity index (χ0n) is 15.7. The van der Waals surface area contributed by atoms with Crippen LogP contribution in [0.1, 0.15) is 5.56 Å². The van der Waals surface area contributed by atoms with Crippen molar-refractivity contribution in [1.29, 1.82) is 0 Å². The van der Waals surface area contributed by atoms with Gasteiger partial charge in [0.1, 0.15) is 5.69 Å². The molecule has 1 aliphatic rings. The first-order valence-corrected chi connectivity index (χ1v) is 9.88. The minimum Gasteiger partial charge on any atom is -0.463 e. The molecule has 0 spiro atoms. The largest absolute Gasteiger partial charge is 0.463 e. The number of aromatic nitrogens is 2.